The van der Waals surface area contributed by atoms with Crippen molar-refractivity contribution < 1.29 is 9.53 Å². The van der Waals surface area contributed by atoms with Crippen LogP contribution in [-0.4, -0.2) is 85.2 Å². The van der Waals surface area contributed by atoms with E-state index >= 15 is 0 Å². The predicted molar refractivity (Wildman–Crippen MR) is 93.2 cm³/mol. The molecule has 2 fully saturated rings. The minimum absolute atomic E-state index is 0. The SMILES string of the molecule is C.CC(=O)N1CCN(C(C)C)CC1.CC(C)N1CCOCC1. The van der Waals surface area contributed by atoms with Crippen molar-refractivity contribution in [1.82, 2.24) is 14.7 Å². The van der Waals surface area contributed by atoms with Crippen LogP contribution >= 0.6 is 0 Å². The predicted octanol–water partition coefficient (Wildman–Crippen LogP) is 1.92. The zero-order chi connectivity index (χ0) is 15.8. The Morgan fingerprint density at radius 2 is 1.23 bits per heavy atom. The van der Waals surface area contributed by atoms with E-state index in [0.717, 1.165) is 52.5 Å². The van der Waals surface area contributed by atoms with Crippen molar-refractivity contribution in [2.75, 3.05) is 52.5 Å². The minimum atomic E-state index is 0. The van der Waals surface area contributed by atoms with Crippen molar-refractivity contribution in [1.29, 1.82) is 0 Å². The van der Waals surface area contributed by atoms with Gasteiger partial charge in [-0.1, -0.05) is 7.43 Å². The Morgan fingerprint density at radius 3 is 1.55 bits per heavy atom. The zero-order valence-electron chi connectivity index (χ0n) is 14.5. The van der Waals surface area contributed by atoms with Gasteiger partial charge in [0.15, 0.2) is 0 Å². The topological polar surface area (TPSA) is 36.0 Å². The molecule has 2 rings (SSSR count). The fourth-order valence-electron chi connectivity index (χ4n) is 2.65. The summed E-state index contributed by atoms with van der Waals surface area (Å²) in [5, 5.41) is 0. The molecule has 0 bridgehead atoms. The van der Waals surface area contributed by atoms with Crippen molar-refractivity contribution in [3.05, 3.63) is 0 Å². The van der Waals surface area contributed by atoms with E-state index < -0.39 is 0 Å². The van der Waals surface area contributed by atoms with E-state index in [2.05, 4.69) is 37.5 Å². The molecule has 0 aliphatic carbocycles. The molecule has 0 aromatic carbocycles. The number of piperazine rings is 1. The molecule has 0 aromatic rings. The number of hydrogen-bond donors (Lipinski definition) is 0. The largest absolute Gasteiger partial charge is 0.379 e. The third kappa shape index (κ3) is 7.56. The van der Waals surface area contributed by atoms with Gasteiger partial charge in [0.1, 0.15) is 0 Å². The summed E-state index contributed by atoms with van der Waals surface area (Å²) >= 11 is 0. The number of carbonyl (C=O) groups is 1. The van der Waals surface area contributed by atoms with E-state index in [1.165, 1.54) is 0 Å². The summed E-state index contributed by atoms with van der Waals surface area (Å²) in [6.45, 7) is 18.4. The van der Waals surface area contributed by atoms with Gasteiger partial charge in [0, 0.05) is 58.3 Å². The second-order valence-electron chi connectivity index (χ2n) is 6.38. The van der Waals surface area contributed by atoms with Gasteiger partial charge in [-0.3, -0.25) is 14.6 Å². The summed E-state index contributed by atoms with van der Waals surface area (Å²) in [5.41, 5.74) is 0. The molecule has 22 heavy (non-hydrogen) atoms. The number of hydrogen-bond acceptors (Lipinski definition) is 4. The standard InChI is InChI=1S/C9H18N2O.C7H15NO.CH4/c1-8(2)10-4-6-11(7-5-10)9(3)12;1-7(2)8-3-5-9-6-4-8;/h8H,4-7H2,1-3H3;7H,3-6H2,1-2H3;1H4. The fraction of sp³-hybridized carbons (Fsp3) is 0.941. The molecule has 0 atom stereocenters. The molecule has 2 aliphatic rings. The Labute approximate surface area is 137 Å². The molecule has 0 radical (unpaired) electrons. The molecule has 0 saturated carbocycles. The second kappa shape index (κ2) is 11.0. The Hall–Kier alpha value is -0.650. The molecule has 2 saturated heterocycles. The third-order valence-corrected chi connectivity index (χ3v) is 4.27. The molecule has 2 aliphatic heterocycles. The molecule has 0 unspecified atom stereocenters. The van der Waals surface area contributed by atoms with Crippen LogP contribution in [0.5, 0.6) is 0 Å². The van der Waals surface area contributed by atoms with E-state index in [1.807, 2.05) is 4.90 Å². The highest BCUT2D eigenvalue weighted by Gasteiger charge is 2.19. The van der Waals surface area contributed by atoms with E-state index in [4.69, 9.17) is 4.74 Å². The molecule has 132 valence electrons. The van der Waals surface area contributed by atoms with E-state index in [9.17, 15) is 4.79 Å². The van der Waals surface area contributed by atoms with Crippen LogP contribution in [0.2, 0.25) is 0 Å². The fourth-order valence-corrected chi connectivity index (χ4v) is 2.65. The minimum Gasteiger partial charge on any atom is -0.379 e. The summed E-state index contributed by atoms with van der Waals surface area (Å²) < 4.78 is 5.21. The lowest BCUT2D eigenvalue weighted by Gasteiger charge is -2.36. The number of ether oxygens (including phenoxy) is 1. The molecule has 0 spiro atoms. The number of rotatable bonds is 2. The second-order valence-corrected chi connectivity index (χ2v) is 6.38. The number of carbonyl (C=O) groups excluding carboxylic acids is 1. The van der Waals surface area contributed by atoms with E-state index in [1.54, 1.807) is 6.92 Å². The van der Waals surface area contributed by atoms with Crippen molar-refractivity contribution in [2.24, 2.45) is 0 Å². The van der Waals surface area contributed by atoms with Gasteiger partial charge >= 0.3 is 0 Å². The quantitative estimate of drug-likeness (QED) is 0.780. The first-order chi connectivity index (χ1) is 9.91. The highest BCUT2D eigenvalue weighted by atomic mass is 16.5. The van der Waals surface area contributed by atoms with E-state index in [0.29, 0.717) is 12.1 Å². The number of nitrogens with zero attached hydrogens (tertiary/aromatic N) is 3. The average molecular weight is 316 g/mol. The lowest BCUT2D eigenvalue weighted by atomic mass is 10.2. The van der Waals surface area contributed by atoms with Gasteiger partial charge in [-0.25, -0.2) is 0 Å². The lowest BCUT2D eigenvalue weighted by molar-refractivity contribution is -0.130. The van der Waals surface area contributed by atoms with Gasteiger partial charge in [-0.05, 0) is 27.7 Å². The molecule has 5 nitrogen and oxygen atoms in total. The van der Waals surface area contributed by atoms with Gasteiger partial charge in [-0.15, -0.1) is 0 Å². The van der Waals surface area contributed by atoms with Crippen molar-refractivity contribution >= 4 is 5.91 Å². The first-order valence-corrected chi connectivity index (χ1v) is 8.23. The van der Waals surface area contributed by atoms with Crippen LogP contribution in [0.1, 0.15) is 42.0 Å². The molecule has 2 heterocycles. The Morgan fingerprint density at radius 1 is 0.818 bits per heavy atom. The molecule has 0 aromatic heterocycles. The zero-order valence-corrected chi connectivity index (χ0v) is 14.5. The van der Waals surface area contributed by atoms with Crippen LogP contribution in [0.25, 0.3) is 0 Å². The summed E-state index contributed by atoms with van der Waals surface area (Å²) in [5.74, 6) is 0.207. The highest BCUT2D eigenvalue weighted by Crippen LogP contribution is 2.05. The molecular weight excluding hydrogens is 278 g/mol. The third-order valence-electron chi connectivity index (χ3n) is 4.27. The summed E-state index contributed by atoms with van der Waals surface area (Å²) in [6, 6.07) is 1.30. The Balaban J connectivity index is 0.000000397. The maximum absolute atomic E-state index is 11.0. The first kappa shape index (κ1) is 21.4. The van der Waals surface area contributed by atoms with Crippen LogP contribution in [-0.2, 0) is 9.53 Å². The van der Waals surface area contributed by atoms with Crippen LogP contribution in [0.4, 0.5) is 0 Å². The highest BCUT2D eigenvalue weighted by molar-refractivity contribution is 5.73. The average Bonchev–Trinajstić information content (AvgIpc) is 2.49. The first-order valence-electron chi connectivity index (χ1n) is 8.23. The van der Waals surface area contributed by atoms with Crippen LogP contribution in [0, 0.1) is 0 Å². The normalized spacial score (nSPS) is 20.4. The molecule has 0 N–H and O–H groups in total. The maximum atomic E-state index is 11.0. The Bertz CT molecular complexity index is 294. The van der Waals surface area contributed by atoms with Gasteiger partial charge in [0.25, 0.3) is 0 Å². The van der Waals surface area contributed by atoms with Gasteiger partial charge < -0.3 is 9.64 Å². The Kier molecular flexibility index (Phi) is 10.6. The van der Waals surface area contributed by atoms with Crippen LogP contribution in [0.15, 0.2) is 0 Å². The maximum Gasteiger partial charge on any atom is 0.219 e. The number of amides is 1. The van der Waals surface area contributed by atoms with E-state index in [-0.39, 0.29) is 13.3 Å². The van der Waals surface area contributed by atoms with Crippen molar-refractivity contribution in [3.63, 3.8) is 0 Å². The molecule has 5 heteroatoms. The monoisotopic (exact) mass is 315 g/mol. The van der Waals surface area contributed by atoms with Crippen LogP contribution < -0.4 is 0 Å². The lowest BCUT2D eigenvalue weighted by Crippen LogP contribution is -2.50. The van der Waals surface area contributed by atoms with Crippen molar-refractivity contribution in [2.45, 2.75) is 54.1 Å². The molecular formula is C17H37N3O2. The van der Waals surface area contributed by atoms with Gasteiger partial charge in [-0.2, -0.15) is 0 Å². The van der Waals surface area contributed by atoms with Gasteiger partial charge in [0.05, 0.1) is 13.2 Å². The van der Waals surface area contributed by atoms with Gasteiger partial charge in [0.2, 0.25) is 5.91 Å². The summed E-state index contributed by atoms with van der Waals surface area (Å²) in [6.07, 6.45) is 0. The van der Waals surface area contributed by atoms with Crippen molar-refractivity contribution in [3.8, 4) is 0 Å². The number of morpholine rings is 1. The summed E-state index contributed by atoms with van der Waals surface area (Å²) in [4.78, 5) is 17.7. The smallest absolute Gasteiger partial charge is 0.219 e. The molecule has 1 amide bonds. The van der Waals surface area contributed by atoms with Crippen LogP contribution in [0.3, 0.4) is 0 Å². The summed E-state index contributed by atoms with van der Waals surface area (Å²) in [7, 11) is 0.